The Morgan fingerprint density at radius 1 is 1.12 bits per heavy atom. The van der Waals surface area contributed by atoms with Gasteiger partial charge in [0.25, 0.3) is 0 Å². The summed E-state index contributed by atoms with van der Waals surface area (Å²) in [5.41, 5.74) is 1.28. The van der Waals surface area contributed by atoms with Crippen molar-refractivity contribution >= 4 is 17.6 Å². The number of rotatable bonds is 6. The van der Waals surface area contributed by atoms with E-state index in [2.05, 4.69) is 56.6 Å². The molecule has 0 aromatic heterocycles. The van der Waals surface area contributed by atoms with E-state index in [1.54, 1.807) is 0 Å². The molecule has 0 unspecified atom stereocenters. The number of hydrogen-bond acceptors (Lipinski definition) is 3. The first-order chi connectivity index (χ1) is 12.1. The standard InChI is InChI=1S/C19H31N5O/c1-4-20-19(22-11-10-21-18(25)16(2)3)24-14-12-23(13-15-24)17-8-6-5-7-9-17/h5-9,16H,4,10-15H2,1-3H3,(H,20,22)(H,21,25). The van der Waals surface area contributed by atoms with Crippen LogP contribution in [0.25, 0.3) is 0 Å². The number of amides is 1. The number of carbonyl (C=O) groups excluding carboxylic acids is 1. The number of carbonyl (C=O) groups is 1. The highest BCUT2D eigenvalue weighted by molar-refractivity contribution is 5.80. The van der Waals surface area contributed by atoms with E-state index in [9.17, 15) is 4.79 Å². The maximum Gasteiger partial charge on any atom is 0.222 e. The summed E-state index contributed by atoms with van der Waals surface area (Å²) in [6.45, 7) is 11.8. The van der Waals surface area contributed by atoms with E-state index >= 15 is 0 Å². The van der Waals surface area contributed by atoms with E-state index in [-0.39, 0.29) is 11.8 Å². The first kappa shape index (κ1) is 19.1. The summed E-state index contributed by atoms with van der Waals surface area (Å²) < 4.78 is 0. The number of guanidine groups is 1. The molecule has 1 aliphatic rings. The normalized spacial score (nSPS) is 15.4. The maximum atomic E-state index is 11.6. The Bertz CT molecular complexity index is 550. The SMILES string of the molecule is CCNC(=NCCNC(=O)C(C)C)N1CCN(c2ccccc2)CC1. The van der Waals surface area contributed by atoms with Gasteiger partial charge in [0.15, 0.2) is 5.96 Å². The van der Waals surface area contributed by atoms with Crippen LogP contribution in [0, 0.1) is 5.92 Å². The molecular weight excluding hydrogens is 314 g/mol. The molecule has 6 nitrogen and oxygen atoms in total. The lowest BCUT2D eigenvalue weighted by Gasteiger charge is -2.37. The third kappa shape index (κ3) is 5.96. The zero-order valence-corrected chi connectivity index (χ0v) is 15.7. The van der Waals surface area contributed by atoms with Gasteiger partial charge in [-0.1, -0.05) is 32.0 Å². The van der Waals surface area contributed by atoms with Gasteiger partial charge in [0, 0.05) is 50.9 Å². The van der Waals surface area contributed by atoms with Gasteiger partial charge in [-0.2, -0.15) is 0 Å². The fraction of sp³-hybridized carbons (Fsp3) is 0.579. The molecule has 0 spiro atoms. The summed E-state index contributed by atoms with van der Waals surface area (Å²) >= 11 is 0. The molecule has 1 aliphatic heterocycles. The van der Waals surface area contributed by atoms with Crippen molar-refractivity contribution in [3.8, 4) is 0 Å². The van der Waals surface area contributed by atoms with E-state index in [1.807, 2.05) is 19.9 Å². The monoisotopic (exact) mass is 345 g/mol. The minimum Gasteiger partial charge on any atom is -0.368 e. The van der Waals surface area contributed by atoms with Gasteiger partial charge in [-0.25, -0.2) is 0 Å². The molecule has 6 heteroatoms. The van der Waals surface area contributed by atoms with E-state index < -0.39 is 0 Å². The van der Waals surface area contributed by atoms with Crippen molar-refractivity contribution < 1.29 is 4.79 Å². The van der Waals surface area contributed by atoms with E-state index in [4.69, 9.17) is 0 Å². The van der Waals surface area contributed by atoms with Crippen molar-refractivity contribution in [1.82, 2.24) is 15.5 Å². The lowest BCUT2D eigenvalue weighted by atomic mass is 10.2. The highest BCUT2D eigenvalue weighted by atomic mass is 16.1. The average Bonchev–Trinajstić information content (AvgIpc) is 2.65. The second-order valence-corrected chi connectivity index (χ2v) is 6.49. The second kappa shape index (κ2) is 9.91. The topological polar surface area (TPSA) is 60.0 Å². The Morgan fingerprint density at radius 2 is 1.80 bits per heavy atom. The Balaban J connectivity index is 1.84. The molecule has 1 aromatic carbocycles. The molecule has 1 saturated heterocycles. The minimum absolute atomic E-state index is 0.0169. The smallest absolute Gasteiger partial charge is 0.222 e. The molecule has 0 saturated carbocycles. The summed E-state index contributed by atoms with van der Waals surface area (Å²) in [5, 5.41) is 6.27. The number of para-hydroxylation sites is 1. The molecule has 2 N–H and O–H groups in total. The maximum absolute atomic E-state index is 11.6. The quantitative estimate of drug-likeness (QED) is 0.467. The predicted octanol–water partition coefficient (Wildman–Crippen LogP) is 1.55. The Morgan fingerprint density at radius 3 is 2.40 bits per heavy atom. The van der Waals surface area contributed by atoms with Crippen molar-refractivity contribution in [2.45, 2.75) is 20.8 Å². The Kier molecular flexibility index (Phi) is 7.57. The third-order valence-electron chi connectivity index (χ3n) is 4.23. The highest BCUT2D eigenvalue weighted by Crippen LogP contribution is 2.15. The van der Waals surface area contributed by atoms with Crippen molar-refractivity contribution in [2.24, 2.45) is 10.9 Å². The van der Waals surface area contributed by atoms with Crippen molar-refractivity contribution in [3.05, 3.63) is 30.3 Å². The van der Waals surface area contributed by atoms with Gasteiger partial charge in [0.1, 0.15) is 0 Å². The van der Waals surface area contributed by atoms with Crippen LogP contribution < -0.4 is 15.5 Å². The van der Waals surface area contributed by atoms with Crippen molar-refractivity contribution in [2.75, 3.05) is 50.7 Å². The first-order valence-corrected chi connectivity index (χ1v) is 9.22. The van der Waals surface area contributed by atoms with Gasteiger partial charge in [0.05, 0.1) is 6.54 Å². The van der Waals surface area contributed by atoms with E-state index in [0.717, 1.165) is 38.7 Å². The zero-order valence-electron chi connectivity index (χ0n) is 15.7. The van der Waals surface area contributed by atoms with Crippen LogP contribution >= 0.6 is 0 Å². The van der Waals surface area contributed by atoms with Crippen molar-refractivity contribution in [3.63, 3.8) is 0 Å². The Labute approximate surface area is 151 Å². The van der Waals surface area contributed by atoms with Crippen LogP contribution in [0.1, 0.15) is 20.8 Å². The molecule has 0 atom stereocenters. The number of aliphatic imine (C=N–C) groups is 1. The van der Waals surface area contributed by atoms with Crippen molar-refractivity contribution in [1.29, 1.82) is 0 Å². The molecule has 0 aliphatic carbocycles. The summed E-state index contributed by atoms with van der Waals surface area (Å²) in [6.07, 6.45) is 0. The van der Waals surface area contributed by atoms with Crippen LogP contribution in [0.15, 0.2) is 35.3 Å². The first-order valence-electron chi connectivity index (χ1n) is 9.22. The molecule has 2 rings (SSSR count). The molecule has 0 radical (unpaired) electrons. The summed E-state index contributed by atoms with van der Waals surface area (Å²) in [4.78, 5) is 21.0. The number of hydrogen-bond donors (Lipinski definition) is 2. The average molecular weight is 345 g/mol. The van der Waals surface area contributed by atoms with Crippen LogP contribution in [0.3, 0.4) is 0 Å². The summed E-state index contributed by atoms with van der Waals surface area (Å²) in [5.74, 6) is 1.04. The number of nitrogens with zero attached hydrogens (tertiary/aromatic N) is 3. The molecule has 1 heterocycles. The lowest BCUT2D eigenvalue weighted by molar-refractivity contribution is -0.123. The van der Waals surface area contributed by atoms with E-state index in [1.165, 1.54) is 5.69 Å². The van der Waals surface area contributed by atoms with E-state index in [0.29, 0.717) is 13.1 Å². The Hall–Kier alpha value is -2.24. The van der Waals surface area contributed by atoms with Gasteiger partial charge < -0.3 is 20.4 Å². The summed E-state index contributed by atoms with van der Waals surface area (Å²) in [6, 6.07) is 10.5. The lowest BCUT2D eigenvalue weighted by Crippen LogP contribution is -2.52. The largest absolute Gasteiger partial charge is 0.368 e. The zero-order chi connectivity index (χ0) is 18.1. The molecule has 1 aromatic rings. The van der Waals surface area contributed by atoms with Gasteiger partial charge in [-0.3, -0.25) is 9.79 Å². The van der Waals surface area contributed by atoms with Crippen LogP contribution in [0.4, 0.5) is 5.69 Å². The fourth-order valence-electron chi connectivity index (χ4n) is 2.79. The van der Waals surface area contributed by atoms with Crippen LogP contribution in [0.5, 0.6) is 0 Å². The van der Waals surface area contributed by atoms with Gasteiger partial charge in [0.2, 0.25) is 5.91 Å². The number of nitrogens with one attached hydrogen (secondary N) is 2. The predicted molar refractivity (Wildman–Crippen MR) is 104 cm³/mol. The molecule has 138 valence electrons. The number of benzene rings is 1. The molecule has 25 heavy (non-hydrogen) atoms. The van der Waals surface area contributed by atoms with Crippen LogP contribution in [-0.2, 0) is 4.79 Å². The molecule has 1 fully saturated rings. The van der Waals surface area contributed by atoms with Gasteiger partial charge in [-0.15, -0.1) is 0 Å². The highest BCUT2D eigenvalue weighted by Gasteiger charge is 2.19. The minimum atomic E-state index is 0.0169. The van der Waals surface area contributed by atoms with Crippen LogP contribution in [0.2, 0.25) is 0 Å². The second-order valence-electron chi connectivity index (χ2n) is 6.49. The molecule has 0 bridgehead atoms. The van der Waals surface area contributed by atoms with Crippen LogP contribution in [-0.4, -0.2) is 62.6 Å². The fourth-order valence-corrected chi connectivity index (χ4v) is 2.79. The van der Waals surface area contributed by atoms with Gasteiger partial charge >= 0.3 is 0 Å². The summed E-state index contributed by atoms with van der Waals surface area (Å²) in [7, 11) is 0. The molecular formula is C19H31N5O. The number of piperazine rings is 1. The molecule has 1 amide bonds. The third-order valence-corrected chi connectivity index (χ3v) is 4.23. The number of anilines is 1. The van der Waals surface area contributed by atoms with Gasteiger partial charge in [-0.05, 0) is 19.1 Å².